The summed E-state index contributed by atoms with van der Waals surface area (Å²) in [6.07, 6.45) is 0. The molecule has 0 fully saturated rings. The zero-order valence-corrected chi connectivity index (χ0v) is 25.8. The van der Waals surface area contributed by atoms with Gasteiger partial charge in [-0.15, -0.1) is 4.98 Å². The Morgan fingerprint density at radius 2 is 0.830 bits per heavy atom. The van der Waals surface area contributed by atoms with E-state index in [2.05, 4.69) is 20.3 Å². The summed E-state index contributed by atoms with van der Waals surface area (Å²) < 4.78 is 63.6. The Balaban J connectivity index is 1.25. The number of sulfone groups is 2. The maximum Gasteiger partial charge on any atom is 0.330 e. The van der Waals surface area contributed by atoms with E-state index in [-0.39, 0.29) is 60.5 Å². The van der Waals surface area contributed by atoms with Gasteiger partial charge in [0.15, 0.2) is 0 Å². The standard InChI is InChI=1S/C33H24N4O8S2/c38-23-6-14-27(15-7-23)46(40,41)29-18-10-25(11-19-29)44-32-35-31(34-22-4-2-1-3-5-22)36-33(37-32)45-26-12-20-30(21-13-26)47(42,43)28-16-8-24(39)9-17-28/h1-21,38-39H,(H,34,35,36,37). The highest BCUT2D eigenvalue weighted by molar-refractivity contribution is 7.91. The molecule has 0 aliphatic heterocycles. The Morgan fingerprint density at radius 1 is 0.468 bits per heavy atom. The second-order valence-corrected chi connectivity index (χ2v) is 13.8. The van der Waals surface area contributed by atoms with Gasteiger partial charge >= 0.3 is 12.0 Å². The van der Waals surface area contributed by atoms with Crippen molar-refractivity contribution >= 4 is 31.3 Å². The number of aromatic hydroxyl groups is 2. The number of nitrogens with one attached hydrogen (secondary N) is 1. The Labute approximate surface area is 269 Å². The van der Waals surface area contributed by atoms with Crippen molar-refractivity contribution in [3.8, 4) is 35.0 Å². The maximum absolute atomic E-state index is 13.0. The van der Waals surface area contributed by atoms with Gasteiger partial charge in [-0.3, -0.25) is 0 Å². The van der Waals surface area contributed by atoms with Crippen LogP contribution < -0.4 is 14.8 Å². The van der Waals surface area contributed by atoms with Gasteiger partial charge in [0.25, 0.3) is 0 Å². The highest BCUT2D eigenvalue weighted by Crippen LogP contribution is 2.30. The summed E-state index contributed by atoms with van der Waals surface area (Å²) in [7, 11) is -7.69. The highest BCUT2D eigenvalue weighted by Gasteiger charge is 2.20. The highest BCUT2D eigenvalue weighted by atomic mass is 32.2. The van der Waals surface area contributed by atoms with Gasteiger partial charge in [-0.2, -0.15) is 9.97 Å². The van der Waals surface area contributed by atoms with Crippen LogP contribution in [0.2, 0.25) is 0 Å². The molecule has 236 valence electrons. The lowest BCUT2D eigenvalue weighted by atomic mass is 10.3. The first-order chi connectivity index (χ1) is 22.6. The molecule has 0 radical (unpaired) electrons. The minimum absolute atomic E-state index is 0.0116. The summed E-state index contributed by atoms with van der Waals surface area (Å²) in [6.45, 7) is 0. The van der Waals surface area contributed by atoms with Crippen LogP contribution in [-0.4, -0.2) is 42.0 Å². The molecular weight excluding hydrogens is 645 g/mol. The van der Waals surface area contributed by atoms with Crippen molar-refractivity contribution in [3.63, 3.8) is 0 Å². The molecule has 47 heavy (non-hydrogen) atoms. The van der Waals surface area contributed by atoms with Crippen LogP contribution in [0, 0.1) is 0 Å². The fourth-order valence-corrected chi connectivity index (χ4v) is 6.76. The summed E-state index contributed by atoms with van der Waals surface area (Å²) in [5.74, 6) is 0.423. The minimum Gasteiger partial charge on any atom is -0.508 e. The smallest absolute Gasteiger partial charge is 0.330 e. The van der Waals surface area contributed by atoms with Crippen molar-refractivity contribution < 1.29 is 36.5 Å². The first-order valence-corrected chi connectivity index (χ1v) is 16.8. The van der Waals surface area contributed by atoms with Crippen LogP contribution in [-0.2, 0) is 19.7 Å². The third kappa shape index (κ3) is 7.13. The van der Waals surface area contributed by atoms with E-state index in [1.165, 1.54) is 97.1 Å². The molecule has 0 unspecified atom stereocenters. The zero-order valence-electron chi connectivity index (χ0n) is 24.1. The molecule has 14 heteroatoms. The molecule has 5 aromatic carbocycles. The maximum atomic E-state index is 13.0. The van der Waals surface area contributed by atoms with Gasteiger partial charge in [0, 0.05) is 5.69 Å². The predicted octanol–water partition coefficient (Wildman–Crippen LogP) is 6.28. The largest absolute Gasteiger partial charge is 0.508 e. The van der Waals surface area contributed by atoms with Crippen molar-refractivity contribution in [2.45, 2.75) is 19.6 Å². The summed E-state index contributed by atoms with van der Waals surface area (Å²) in [4.78, 5) is 12.9. The number of benzene rings is 5. The van der Waals surface area contributed by atoms with E-state index in [9.17, 15) is 27.0 Å². The van der Waals surface area contributed by atoms with E-state index in [0.717, 1.165) is 0 Å². The molecule has 12 nitrogen and oxygen atoms in total. The summed E-state index contributed by atoms with van der Waals surface area (Å²) in [6, 6.07) is 30.4. The third-order valence-corrected chi connectivity index (χ3v) is 10.2. The molecule has 0 atom stereocenters. The van der Waals surface area contributed by atoms with Crippen LogP contribution in [0.4, 0.5) is 11.6 Å². The fraction of sp³-hybridized carbons (Fsp3) is 0. The number of para-hydroxylation sites is 1. The topological polar surface area (TPSA) is 178 Å². The van der Waals surface area contributed by atoms with Crippen molar-refractivity contribution in [3.05, 3.63) is 127 Å². The van der Waals surface area contributed by atoms with Crippen molar-refractivity contribution in [2.75, 3.05) is 5.32 Å². The Kier molecular flexibility index (Phi) is 8.44. The third-order valence-electron chi connectivity index (χ3n) is 6.60. The number of phenols is 2. The molecule has 0 amide bonds. The molecule has 0 saturated heterocycles. The second kappa shape index (κ2) is 12.8. The molecule has 1 heterocycles. The number of rotatable bonds is 10. The molecule has 0 bridgehead atoms. The van der Waals surface area contributed by atoms with E-state index in [1.54, 1.807) is 12.1 Å². The number of phenolic OH excluding ortho intramolecular Hbond substituents is 2. The summed E-state index contributed by atoms with van der Waals surface area (Å²) in [5.41, 5.74) is 0.670. The van der Waals surface area contributed by atoms with Gasteiger partial charge in [-0.05, 0) is 109 Å². The molecule has 0 saturated carbocycles. The monoisotopic (exact) mass is 668 g/mol. The lowest BCUT2D eigenvalue weighted by Crippen LogP contribution is -2.04. The Morgan fingerprint density at radius 3 is 1.21 bits per heavy atom. The van der Waals surface area contributed by atoms with Crippen LogP contribution in [0.15, 0.2) is 147 Å². The first kappa shape index (κ1) is 31.0. The first-order valence-electron chi connectivity index (χ1n) is 13.8. The van der Waals surface area contributed by atoms with E-state index < -0.39 is 19.7 Å². The normalized spacial score (nSPS) is 11.5. The molecule has 3 N–H and O–H groups in total. The molecular formula is C33H24N4O8S2. The molecule has 0 aliphatic carbocycles. The van der Waals surface area contributed by atoms with Gasteiger partial charge in [-0.25, -0.2) is 16.8 Å². The molecule has 1 aromatic heterocycles. The van der Waals surface area contributed by atoms with Crippen LogP contribution in [0.3, 0.4) is 0 Å². The van der Waals surface area contributed by atoms with Crippen molar-refractivity contribution in [2.24, 2.45) is 0 Å². The van der Waals surface area contributed by atoms with Crippen molar-refractivity contribution in [1.82, 2.24) is 15.0 Å². The molecule has 0 spiro atoms. The van der Waals surface area contributed by atoms with Gasteiger partial charge in [0.2, 0.25) is 25.6 Å². The zero-order chi connectivity index (χ0) is 33.0. The SMILES string of the molecule is O=S(=O)(c1ccc(O)cc1)c1ccc(Oc2nc(Nc3ccccc3)nc(Oc3ccc(S(=O)(=O)c4ccc(O)cc4)cc3)n2)cc1. The van der Waals surface area contributed by atoms with Gasteiger partial charge in [0.1, 0.15) is 23.0 Å². The van der Waals surface area contributed by atoms with Crippen LogP contribution in [0.5, 0.6) is 35.0 Å². The Hall–Kier alpha value is -5.99. The lowest BCUT2D eigenvalue weighted by Gasteiger charge is -2.11. The number of anilines is 2. The number of hydrogen-bond donors (Lipinski definition) is 3. The minimum atomic E-state index is -3.84. The van der Waals surface area contributed by atoms with E-state index in [4.69, 9.17) is 9.47 Å². The summed E-state index contributed by atoms with van der Waals surface area (Å²) >= 11 is 0. The van der Waals surface area contributed by atoms with Crippen LogP contribution >= 0.6 is 0 Å². The Bertz CT molecular complexity index is 2090. The second-order valence-electron chi connectivity index (χ2n) is 9.86. The van der Waals surface area contributed by atoms with Crippen molar-refractivity contribution in [1.29, 1.82) is 0 Å². The predicted molar refractivity (Wildman–Crippen MR) is 170 cm³/mol. The van der Waals surface area contributed by atoms with Gasteiger partial charge in [0.05, 0.1) is 19.6 Å². The average Bonchev–Trinajstić information content (AvgIpc) is 3.06. The lowest BCUT2D eigenvalue weighted by molar-refractivity contribution is 0.398. The quantitative estimate of drug-likeness (QED) is 0.149. The van der Waals surface area contributed by atoms with Gasteiger partial charge in [-0.1, -0.05) is 18.2 Å². The van der Waals surface area contributed by atoms with Gasteiger partial charge < -0.3 is 25.0 Å². The summed E-state index contributed by atoms with van der Waals surface area (Å²) in [5, 5.41) is 22.0. The number of hydrogen-bond acceptors (Lipinski definition) is 12. The van der Waals surface area contributed by atoms with E-state index >= 15 is 0 Å². The van der Waals surface area contributed by atoms with E-state index in [1.807, 2.05) is 18.2 Å². The number of nitrogens with zero attached hydrogens (tertiary/aromatic N) is 3. The average molecular weight is 669 g/mol. The van der Waals surface area contributed by atoms with E-state index in [0.29, 0.717) is 5.69 Å². The fourth-order valence-electron chi connectivity index (χ4n) is 4.24. The molecule has 6 rings (SSSR count). The number of aromatic nitrogens is 3. The number of ether oxygens (including phenoxy) is 2. The molecule has 6 aromatic rings. The van der Waals surface area contributed by atoms with Crippen LogP contribution in [0.25, 0.3) is 0 Å². The van der Waals surface area contributed by atoms with Crippen LogP contribution in [0.1, 0.15) is 0 Å². The molecule has 0 aliphatic rings.